The van der Waals surface area contributed by atoms with E-state index in [0.717, 1.165) is 37.4 Å². The minimum atomic E-state index is 0. The molecule has 0 unspecified atom stereocenters. The molecule has 0 aliphatic carbocycles. The van der Waals surface area contributed by atoms with Gasteiger partial charge in [-0.3, -0.25) is 4.99 Å². The van der Waals surface area contributed by atoms with Crippen LogP contribution in [-0.2, 0) is 11.3 Å². The van der Waals surface area contributed by atoms with Crippen molar-refractivity contribution < 1.29 is 9.47 Å². The summed E-state index contributed by atoms with van der Waals surface area (Å²) in [5.41, 5.74) is 7.23. The van der Waals surface area contributed by atoms with Crippen LogP contribution in [0.2, 0.25) is 0 Å². The predicted octanol–water partition coefficient (Wildman–Crippen LogP) is 3.41. The number of rotatable bonds is 7. The third-order valence-electron chi connectivity index (χ3n) is 4.08. The van der Waals surface area contributed by atoms with E-state index in [0.29, 0.717) is 19.2 Å². The van der Waals surface area contributed by atoms with Crippen LogP contribution in [-0.4, -0.2) is 44.2 Å². The highest BCUT2D eigenvalue weighted by molar-refractivity contribution is 14.0. The maximum Gasteiger partial charge on any atom is 0.191 e. The molecule has 1 aromatic rings. The molecule has 0 spiro atoms. The van der Waals surface area contributed by atoms with E-state index < -0.39 is 0 Å². The van der Waals surface area contributed by atoms with Crippen molar-refractivity contribution in [2.24, 2.45) is 10.7 Å². The molecule has 0 saturated carbocycles. The molecule has 2 N–H and O–H groups in total. The molecule has 0 atom stereocenters. The van der Waals surface area contributed by atoms with Gasteiger partial charge in [0.2, 0.25) is 0 Å². The van der Waals surface area contributed by atoms with Crippen molar-refractivity contribution >= 4 is 29.9 Å². The van der Waals surface area contributed by atoms with Crippen LogP contribution in [0.1, 0.15) is 37.7 Å². The number of nitrogens with zero attached hydrogens (tertiary/aromatic N) is 2. The lowest BCUT2D eigenvalue weighted by molar-refractivity contribution is 0.120. The molecule has 2 rings (SSSR count). The average Bonchev–Trinajstić information content (AvgIpc) is 2.87. The largest absolute Gasteiger partial charge is 0.497 e. The van der Waals surface area contributed by atoms with Crippen molar-refractivity contribution in [2.75, 3.05) is 33.4 Å². The highest BCUT2D eigenvalue weighted by atomic mass is 127. The first-order valence-electron chi connectivity index (χ1n) is 8.55. The molecule has 136 valence electrons. The molecule has 0 aromatic heterocycles. The van der Waals surface area contributed by atoms with Crippen LogP contribution in [0.4, 0.5) is 0 Å². The van der Waals surface area contributed by atoms with Gasteiger partial charge < -0.3 is 20.1 Å². The van der Waals surface area contributed by atoms with Crippen molar-refractivity contribution in [3.8, 4) is 5.75 Å². The lowest BCUT2D eigenvalue weighted by Crippen LogP contribution is -2.38. The van der Waals surface area contributed by atoms with E-state index >= 15 is 0 Å². The van der Waals surface area contributed by atoms with Gasteiger partial charge in [-0.25, -0.2) is 0 Å². The Bertz CT molecular complexity index is 472. The van der Waals surface area contributed by atoms with Crippen molar-refractivity contribution in [3.63, 3.8) is 0 Å². The van der Waals surface area contributed by atoms with Crippen LogP contribution in [0.5, 0.6) is 5.75 Å². The summed E-state index contributed by atoms with van der Waals surface area (Å²) in [6, 6.07) is 7.94. The molecule has 24 heavy (non-hydrogen) atoms. The van der Waals surface area contributed by atoms with Gasteiger partial charge in [-0.05, 0) is 37.0 Å². The summed E-state index contributed by atoms with van der Waals surface area (Å²) in [5.74, 6) is 1.56. The molecular formula is C18H30IN3O2. The number of nitrogens with two attached hydrogens (primary N) is 1. The van der Waals surface area contributed by atoms with Gasteiger partial charge in [-0.15, -0.1) is 24.0 Å². The summed E-state index contributed by atoms with van der Waals surface area (Å²) in [6.07, 6.45) is 5.96. The third kappa shape index (κ3) is 7.70. The molecule has 0 amide bonds. The molecule has 5 nitrogen and oxygen atoms in total. The fourth-order valence-electron chi connectivity index (χ4n) is 2.67. The second-order valence-electron chi connectivity index (χ2n) is 5.90. The Kier molecular flexibility index (Phi) is 10.8. The normalized spacial score (nSPS) is 15.5. The van der Waals surface area contributed by atoms with E-state index in [1.807, 2.05) is 24.3 Å². The molecule has 6 heteroatoms. The fraction of sp³-hybridized carbons (Fsp3) is 0.611. The van der Waals surface area contributed by atoms with Gasteiger partial charge in [0.1, 0.15) is 5.75 Å². The predicted molar refractivity (Wildman–Crippen MR) is 109 cm³/mol. The average molecular weight is 447 g/mol. The molecule has 1 heterocycles. The number of benzene rings is 1. The minimum absolute atomic E-state index is 0. The van der Waals surface area contributed by atoms with Crippen LogP contribution < -0.4 is 10.5 Å². The lowest BCUT2D eigenvalue weighted by Gasteiger charge is -2.21. The van der Waals surface area contributed by atoms with Crippen molar-refractivity contribution in [1.29, 1.82) is 0 Å². The Labute approximate surface area is 162 Å². The summed E-state index contributed by atoms with van der Waals surface area (Å²) < 4.78 is 10.8. The molecule has 1 saturated heterocycles. The van der Waals surface area contributed by atoms with Crippen molar-refractivity contribution in [2.45, 2.75) is 38.7 Å². The number of halogens is 1. The molecule has 1 fully saturated rings. The number of hydrogen-bond acceptors (Lipinski definition) is 3. The van der Waals surface area contributed by atoms with E-state index in [-0.39, 0.29) is 24.0 Å². The third-order valence-corrected chi connectivity index (χ3v) is 4.08. The van der Waals surface area contributed by atoms with Crippen LogP contribution >= 0.6 is 24.0 Å². The minimum Gasteiger partial charge on any atom is -0.497 e. The Morgan fingerprint density at radius 3 is 2.42 bits per heavy atom. The van der Waals surface area contributed by atoms with Gasteiger partial charge in [0.05, 0.1) is 13.7 Å². The quantitative estimate of drug-likeness (QED) is 0.301. The molecule has 1 aromatic carbocycles. The smallest absolute Gasteiger partial charge is 0.191 e. The van der Waals surface area contributed by atoms with Crippen LogP contribution in [0.15, 0.2) is 29.3 Å². The Morgan fingerprint density at radius 2 is 1.79 bits per heavy atom. The molecule has 0 radical (unpaired) electrons. The first-order chi connectivity index (χ1) is 11.3. The first-order valence-corrected chi connectivity index (χ1v) is 8.55. The maximum absolute atomic E-state index is 6.07. The number of aliphatic imine (C=N–C) groups is 1. The SMILES string of the molecule is COc1ccc(COCCCN=C(N)N2CCCCCC2)cc1.I. The van der Waals surface area contributed by atoms with E-state index in [4.69, 9.17) is 15.2 Å². The number of guanidine groups is 1. The zero-order chi connectivity index (χ0) is 16.3. The standard InChI is InChI=1S/C18H29N3O2.HI/c1-22-17-9-7-16(8-10-17)15-23-14-6-11-20-18(19)21-12-4-2-3-5-13-21;/h7-10H,2-6,11-15H2,1H3,(H2,19,20);1H. The molecular weight excluding hydrogens is 417 g/mol. The summed E-state index contributed by atoms with van der Waals surface area (Å²) in [7, 11) is 1.67. The topological polar surface area (TPSA) is 60.1 Å². The summed E-state index contributed by atoms with van der Waals surface area (Å²) in [4.78, 5) is 6.69. The van der Waals surface area contributed by atoms with E-state index in [9.17, 15) is 0 Å². The van der Waals surface area contributed by atoms with Crippen LogP contribution in [0, 0.1) is 0 Å². The number of methoxy groups -OCH3 is 1. The summed E-state index contributed by atoms with van der Waals surface area (Å²) in [5, 5.41) is 0. The highest BCUT2D eigenvalue weighted by Gasteiger charge is 2.10. The summed E-state index contributed by atoms with van der Waals surface area (Å²) in [6.45, 7) is 4.13. The number of hydrogen-bond donors (Lipinski definition) is 1. The van der Waals surface area contributed by atoms with Gasteiger partial charge in [0.15, 0.2) is 5.96 Å². The number of likely N-dealkylation sites (tertiary alicyclic amines) is 1. The second kappa shape index (κ2) is 12.4. The van der Waals surface area contributed by atoms with E-state index in [1.165, 1.54) is 25.7 Å². The van der Waals surface area contributed by atoms with Crippen LogP contribution in [0.25, 0.3) is 0 Å². The van der Waals surface area contributed by atoms with Crippen LogP contribution in [0.3, 0.4) is 0 Å². The molecule has 1 aliphatic rings. The zero-order valence-electron chi connectivity index (χ0n) is 14.6. The lowest BCUT2D eigenvalue weighted by atomic mass is 10.2. The van der Waals surface area contributed by atoms with Gasteiger partial charge in [-0.1, -0.05) is 25.0 Å². The maximum atomic E-state index is 6.07. The Morgan fingerprint density at radius 1 is 1.12 bits per heavy atom. The second-order valence-corrected chi connectivity index (χ2v) is 5.90. The van der Waals surface area contributed by atoms with Gasteiger partial charge in [0.25, 0.3) is 0 Å². The van der Waals surface area contributed by atoms with Crippen molar-refractivity contribution in [3.05, 3.63) is 29.8 Å². The molecule has 0 bridgehead atoms. The van der Waals surface area contributed by atoms with Gasteiger partial charge >= 0.3 is 0 Å². The highest BCUT2D eigenvalue weighted by Crippen LogP contribution is 2.12. The van der Waals surface area contributed by atoms with E-state index in [1.54, 1.807) is 7.11 Å². The first kappa shape index (κ1) is 21.0. The summed E-state index contributed by atoms with van der Waals surface area (Å²) >= 11 is 0. The Hall–Kier alpha value is -1.02. The fourth-order valence-corrected chi connectivity index (χ4v) is 2.67. The van der Waals surface area contributed by atoms with Crippen molar-refractivity contribution in [1.82, 2.24) is 4.90 Å². The van der Waals surface area contributed by atoms with Gasteiger partial charge in [0, 0.05) is 26.2 Å². The Balaban J connectivity index is 0.00000288. The van der Waals surface area contributed by atoms with E-state index in [2.05, 4.69) is 9.89 Å². The zero-order valence-corrected chi connectivity index (χ0v) is 16.9. The monoisotopic (exact) mass is 447 g/mol. The number of ether oxygens (including phenoxy) is 2. The van der Waals surface area contributed by atoms with Gasteiger partial charge in [-0.2, -0.15) is 0 Å². The molecule has 1 aliphatic heterocycles.